The van der Waals surface area contributed by atoms with Gasteiger partial charge >= 0.3 is 0 Å². The third-order valence-electron chi connectivity index (χ3n) is 2.51. The van der Waals surface area contributed by atoms with Gasteiger partial charge in [-0.2, -0.15) is 0 Å². The highest BCUT2D eigenvalue weighted by Gasteiger charge is 2.09. The van der Waals surface area contributed by atoms with Gasteiger partial charge in [-0.05, 0) is 52.3 Å². The van der Waals surface area contributed by atoms with Gasteiger partial charge in [-0.15, -0.1) is 0 Å². The van der Waals surface area contributed by atoms with Gasteiger partial charge in [0.1, 0.15) is 5.82 Å². The molecule has 0 saturated carbocycles. The second-order valence-electron chi connectivity index (χ2n) is 3.92. The van der Waals surface area contributed by atoms with E-state index in [0.29, 0.717) is 21.5 Å². The first-order valence-electron chi connectivity index (χ1n) is 5.39. The average Bonchev–Trinajstić information content (AvgIpc) is 2.36. The molecule has 2 aromatic carbocycles. The first kappa shape index (κ1) is 13.4. The van der Waals surface area contributed by atoms with Gasteiger partial charge < -0.3 is 16.8 Å². The average molecular weight is 324 g/mol. The van der Waals surface area contributed by atoms with Crippen LogP contribution in [0.1, 0.15) is 10.4 Å². The van der Waals surface area contributed by atoms with Crippen molar-refractivity contribution in [1.82, 2.24) is 0 Å². The molecule has 0 spiro atoms. The van der Waals surface area contributed by atoms with Crippen molar-refractivity contribution in [3.63, 3.8) is 0 Å². The van der Waals surface area contributed by atoms with Gasteiger partial charge in [0.25, 0.3) is 5.91 Å². The van der Waals surface area contributed by atoms with E-state index in [2.05, 4.69) is 21.2 Å². The number of nitrogens with one attached hydrogen (secondary N) is 1. The molecule has 0 heterocycles. The number of halogens is 2. The summed E-state index contributed by atoms with van der Waals surface area (Å²) in [7, 11) is 0. The van der Waals surface area contributed by atoms with Crippen LogP contribution in [0.3, 0.4) is 0 Å². The highest BCUT2D eigenvalue weighted by Crippen LogP contribution is 2.25. The Balaban J connectivity index is 2.37. The van der Waals surface area contributed by atoms with Crippen molar-refractivity contribution >= 4 is 38.9 Å². The van der Waals surface area contributed by atoms with Crippen LogP contribution in [-0.4, -0.2) is 5.91 Å². The molecule has 0 atom stereocenters. The number of hydrogen-bond acceptors (Lipinski definition) is 3. The standard InChI is InChI=1S/C13H11BrFN3O/c14-10-3-2-8(6-11(10)15)18-12-4-1-7(16)5-9(12)13(17)19/h1-6,18H,16H2,(H2,17,19). The van der Waals surface area contributed by atoms with E-state index in [1.54, 1.807) is 24.3 Å². The van der Waals surface area contributed by atoms with E-state index in [-0.39, 0.29) is 5.56 Å². The van der Waals surface area contributed by atoms with Crippen LogP contribution < -0.4 is 16.8 Å². The second-order valence-corrected chi connectivity index (χ2v) is 4.78. The highest BCUT2D eigenvalue weighted by atomic mass is 79.9. The largest absolute Gasteiger partial charge is 0.399 e. The maximum absolute atomic E-state index is 13.4. The maximum atomic E-state index is 13.4. The summed E-state index contributed by atoms with van der Waals surface area (Å²) < 4.78 is 13.8. The number of benzene rings is 2. The fourth-order valence-electron chi connectivity index (χ4n) is 1.60. The van der Waals surface area contributed by atoms with Gasteiger partial charge in [0.2, 0.25) is 0 Å². The van der Waals surface area contributed by atoms with Gasteiger partial charge in [-0.3, -0.25) is 4.79 Å². The van der Waals surface area contributed by atoms with Crippen LogP contribution in [0.2, 0.25) is 0 Å². The topological polar surface area (TPSA) is 81.1 Å². The number of carbonyl (C=O) groups excluding carboxylic acids is 1. The molecule has 0 aliphatic heterocycles. The Morgan fingerprint density at radius 2 is 1.95 bits per heavy atom. The lowest BCUT2D eigenvalue weighted by Gasteiger charge is -2.11. The van der Waals surface area contributed by atoms with Crippen LogP contribution in [0.4, 0.5) is 21.5 Å². The molecule has 0 bridgehead atoms. The fourth-order valence-corrected chi connectivity index (χ4v) is 1.85. The number of hydrogen-bond donors (Lipinski definition) is 3. The summed E-state index contributed by atoms with van der Waals surface area (Å²) in [4.78, 5) is 11.3. The third-order valence-corrected chi connectivity index (χ3v) is 3.15. The molecule has 0 fully saturated rings. The molecule has 0 aliphatic rings. The van der Waals surface area contributed by atoms with Crippen molar-refractivity contribution in [2.45, 2.75) is 0 Å². The molecule has 2 aromatic rings. The summed E-state index contributed by atoms with van der Waals surface area (Å²) >= 11 is 3.07. The summed E-state index contributed by atoms with van der Waals surface area (Å²) in [5, 5.41) is 2.93. The Bertz CT molecular complexity index is 646. The van der Waals surface area contributed by atoms with Crippen LogP contribution in [0.25, 0.3) is 0 Å². The summed E-state index contributed by atoms with van der Waals surface area (Å²) in [6.07, 6.45) is 0. The molecule has 19 heavy (non-hydrogen) atoms. The quantitative estimate of drug-likeness (QED) is 0.759. The third kappa shape index (κ3) is 3.03. The van der Waals surface area contributed by atoms with Crippen molar-refractivity contribution in [3.8, 4) is 0 Å². The zero-order chi connectivity index (χ0) is 14.0. The van der Waals surface area contributed by atoms with Crippen molar-refractivity contribution < 1.29 is 9.18 Å². The van der Waals surface area contributed by atoms with Gasteiger partial charge in [0.05, 0.1) is 15.7 Å². The molecule has 1 amide bonds. The molecule has 0 unspecified atom stereocenters. The molecule has 2 rings (SSSR count). The summed E-state index contributed by atoms with van der Waals surface area (Å²) in [5.74, 6) is -1.01. The zero-order valence-electron chi connectivity index (χ0n) is 9.78. The molecule has 6 heteroatoms. The Morgan fingerprint density at radius 3 is 2.58 bits per heavy atom. The Morgan fingerprint density at radius 1 is 1.21 bits per heavy atom. The molecule has 0 aliphatic carbocycles. The second kappa shape index (κ2) is 5.27. The fraction of sp³-hybridized carbons (Fsp3) is 0. The van der Waals surface area contributed by atoms with Crippen molar-refractivity contribution in [1.29, 1.82) is 0 Å². The van der Waals surface area contributed by atoms with Crippen molar-refractivity contribution in [2.75, 3.05) is 11.1 Å². The number of primary amides is 1. The smallest absolute Gasteiger partial charge is 0.250 e. The van der Waals surface area contributed by atoms with Crippen molar-refractivity contribution in [3.05, 3.63) is 52.3 Å². The van der Waals surface area contributed by atoms with E-state index in [1.807, 2.05) is 0 Å². The van der Waals surface area contributed by atoms with Crippen LogP contribution in [-0.2, 0) is 0 Å². The minimum Gasteiger partial charge on any atom is -0.399 e. The van der Waals surface area contributed by atoms with Crippen molar-refractivity contribution in [2.24, 2.45) is 5.73 Å². The van der Waals surface area contributed by atoms with E-state index < -0.39 is 11.7 Å². The first-order valence-corrected chi connectivity index (χ1v) is 6.18. The normalized spacial score (nSPS) is 10.2. The predicted octanol–water partition coefficient (Wildman–Crippen LogP) is 3.01. The SMILES string of the molecule is NC(=O)c1cc(N)ccc1Nc1ccc(Br)c(F)c1. The van der Waals surface area contributed by atoms with E-state index in [9.17, 15) is 9.18 Å². The van der Waals surface area contributed by atoms with Crippen LogP contribution in [0.5, 0.6) is 0 Å². The summed E-state index contributed by atoms with van der Waals surface area (Å²) in [6, 6.07) is 9.28. The molecule has 98 valence electrons. The summed E-state index contributed by atoms with van der Waals surface area (Å²) in [6.45, 7) is 0. The zero-order valence-corrected chi connectivity index (χ0v) is 11.4. The molecule has 0 saturated heterocycles. The Labute approximate surface area is 117 Å². The maximum Gasteiger partial charge on any atom is 0.250 e. The van der Waals surface area contributed by atoms with E-state index in [0.717, 1.165) is 0 Å². The van der Waals surface area contributed by atoms with E-state index in [4.69, 9.17) is 11.5 Å². The van der Waals surface area contributed by atoms with Gasteiger partial charge in [-0.1, -0.05) is 0 Å². The molecule has 5 N–H and O–H groups in total. The lowest BCUT2D eigenvalue weighted by molar-refractivity contribution is 0.100. The number of anilines is 3. The monoisotopic (exact) mass is 323 g/mol. The lowest BCUT2D eigenvalue weighted by Crippen LogP contribution is -2.13. The highest BCUT2D eigenvalue weighted by molar-refractivity contribution is 9.10. The van der Waals surface area contributed by atoms with Crippen LogP contribution >= 0.6 is 15.9 Å². The molecule has 0 radical (unpaired) electrons. The van der Waals surface area contributed by atoms with Gasteiger partial charge in [0.15, 0.2) is 0 Å². The first-order chi connectivity index (χ1) is 8.97. The number of carbonyl (C=O) groups is 1. The minimum atomic E-state index is -0.604. The number of amides is 1. The minimum absolute atomic E-state index is 0.253. The number of nitrogens with two attached hydrogens (primary N) is 2. The number of rotatable bonds is 3. The molecule has 0 aromatic heterocycles. The predicted molar refractivity (Wildman–Crippen MR) is 76.8 cm³/mol. The van der Waals surface area contributed by atoms with Crippen LogP contribution in [0.15, 0.2) is 40.9 Å². The lowest BCUT2D eigenvalue weighted by atomic mass is 10.1. The van der Waals surface area contributed by atoms with E-state index >= 15 is 0 Å². The Hall–Kier alpha value is -2.08. The van der Waals surface area contributed by atoms with E-state index in [1.165, 1.54) is 12.1 Å². The van der Waals surface area contributed by atoms with Gasteiger partial charge in [0, 0.05) is 11.4 Å². The van der Waals surface area contributed by atoms with Crippen LogP contribution in [0, 0.1) is 5.82 Å². The summed E-state index contributed by atoms with van der Waals surface area (Å²) in [5.41, 5.74) is 12.5. The van der Waals surface area contributed by atoms with Gasteiger partial charge in [-0.25, -0.2) is 4.39 Å². The Kier molecular flexibility index (Phi) is 3.71. The molecular formula is C13H11BrFN3O. The molecular weight excluding hydrogens is 313 g/mol. The number of nitrogen functional groups attached to an aromatic ring is 1. The molecule has 4 nitrogen and oxygen atoms in total.